The molecule has 2 atom stereocenters. The third-order valence-electron chi connectivity index (χ3n) is 4.81. The molecule has 118 valence electrons. The van der Waals surface area contributed by atoms with Gasteiger partial charge in [-0.2, -0.15) is 0 Å². The molecule has 2 unspecified atom stereocenters. The normalized spacial score (nSPS) is 20.4. The Morgan fingerprint density at radius 2 is 2.00 bits per heavy atom. The highest BCUT2D eigenvalue weighted by Gasteiger charge is 2.29. The van der Waals surface area contributed by atoms with Crippen molar-refractivity contribution < 1.29 is 0 Å². The summed E-state index contributed by atoms with van der Waals surface area (Å²) in [6, 6.07) is 9.24. The Morgan fingerprint density at radius 3 is 2.57 bits per heavy atom. The topological polar surface area (TPSA) is 29.3 Å². The van der Waals surface area contributed by atoms with E-state index < -0.39 is 0 Å². The molecule has 21 heavy (non-hydrogen) atoms. The number of likely N-dealkylation sites (tertiary alicyclic amines) is 1. The van der Waals surface area contributed by atoms with Crippen molar-refractivity contribution in [1.29, 1.82) is 0 Å². The minimum atomic E-state index is 0.210. The van der Waals surface area contributed by atoms with E-state index in [-0.39, 0.29) is 6.04 Å². The second kappa shape index (κ2) is 8.30. The molecule has 0 bridgehead atoms. The van der Waals surface area contributed by atoms with Gasteiger partial charge in [0.2, 0.25) is 0 Å². The molecule has 2 nitrogen and oxygen atoms in total. The summed E-state index contributed by atoms with van der Waals surface area (Å²) in [5.41, 5.74) is 7.82. The quantitative estimate of drug-likeness (QED) is 0.800. The van der Waals surface area contributed by atoms with Crippen molar-refractivity contribution in [3.63, 3.8) is 0 Å². The number of benzene rings is 1. The van der Waals surface area contributed by atoms with Crippen LogP contribution >= 0.6 is 15.9 Å². The zero-order valence-corrected chi connectivity index (χ0v) is 15.0. The number of hydrogen-bond donors (Lipinski definition) is 1. The predicted octanol–water partition coefficient (Wildman–Crippen LogP) is 4.74. The van der Waals surface area contributed by atoms with Gasteiger partial charge in [-0.15, -0.1) is 0 Å². The van der Waals surface area contributed by atoms with E-state index in [1.807, 2.05) is 0 Å². The van der Waals surface area contributed by atoms with Crippen LogP contribution < -0.4 is 5.73 Å². The first-order chi connectivity index (χ1) is 10.2. The maximum atomic E-state index is 6.47. The molecule has 1 heterocycles. The summed E-state index contributed by atoms with van der Waals surface area (Å²) in [4.78, 5) is 2.61. The van der Waals surface area contributed by atoms with Crippen LogP contribution in [0.4, 0.5) is 0 Å². The second-order valence-corrected chi connectivity index (χ2v) is 7.26. The molecule has 1 fully saturated rings. The van der Waals surface area contributed by atoms with Gasteiger partial charge in [0.15, 0.2) is 0 Å². The molecule has 0 aromatic heterocycles. The summed E-state index contributed by atoms with van der Waals surface area (Å²) in [7, 11) is 0. The summed E-state index contributed by atoms with van der Waals surface area (Å²) in [6.45, 7) is 6.87. The second-order valence-electron chi connectivity index (χ2n) is 6.34. The number of nitrogens with zero attached hydrogens (tertiary/aromatic N) is 1. The van der Waals surface area contributed by atoms with Gasteiger partial charge in [0.1, 0.15) is 0 Å². The number of halogens is 1. The van der Waals surface area contributed by atoms with Gasteiger partial charge in [-0.3, -0.25) is 4.90 Å². The van der Waals surface area contributed by atoms with Crippen LogP contribution in [0.1, 0.15) is 57.6 Å². The lowest BCUT2D eigenvalue weighted by Crippen LogP contribution is -2.44. The van der Waals surface area contributed by atoms with Crippen LogP contribution in [-0.4, -0.2) is 24.0 Å². The van der Waals surface area contributed by atoms with Gasteiger partial charge in [-0.1, -0.05) is 54.8 Å². The number of rotatable bonds is 6. The Morgan fingerprint density at radius 1 is 1.29 bits per heavy atom. The summed E-state index contributed by atoms with van der Waals surface area (Å²) >= 11 is 3.60. The average molecular weight is 353 g/mol. The number of hydrogen-bond acceptors (Lipinski definition) is 2. The molecule has 0 aliphatic carbocycles. The molecule has 1 aliphatic rings. The molecular weight excluding hydrogens is 324 g/mol. The lowest BCUT2D eigenvalue weighted by Gasteiger charge is -2.40. The molecule has 1 aliphatic heterocycles. The average Bonchev–Trinajstić information content (AvgIpc) is 2.49. The van der Waals surface area contributed by atoms with Crippen LogP contribution in [-0.2, 0) is 0 Å². The molecule has 0 spiro atoms. The highest BCUT2D eigenvalue weighted by Crippen LogP contribution is 2.32. The van der Waals surface area contributed by atoms with Crippen LogP contribution in [0.25, 0.3) is 0 Å². The van der Waals surface area contributed by atoms with Crippen LogP contribution in [0.2, 0.25) is 0 Å². The van der Waals surface area contributed by atoms with Crippen molar-refractivity contribution in [1.82, 2.24) is 4.90 Å². The van der Waals surface area contributed by atoms with E-state index >= 15 is 0 Å². The first-order valence-corrected chi connectivity index (χ1v) is 9.20. The van der Waals surface area contributed by atoms with Crippen molar-refractivity contribution in [2.24, 2.45) is 11.7 Å². The molecular formula is C18H29BrN2. The Labute approximate surface area is 138 Å². The van der Waals surface area contributed by atoms with Crippen molar-refractivity contribution in [3.8, 4) is 0 Å². The molecule has 3 heteroatoms. The maximum Gasteiger partial charge on any atom is 0.0499 e. The van der Waals surface area contributed by atoms with Crippen LogP contribution in [0.3, 0.4) is 0 Å². The zero-order valence-electron chi connectivity index (χ0n) is 13.4. The molecule has 0 amide bonds. The molecule has 1 saturated heterocycles. The van der Waals surface area contributed by atoms with Crippen LogP contribution in [0, 0.1) is 5.92 Å². The minimum Gasteiger partial charge on any atom is -0.326 e. The van der Waals surface area contributed by atoms with Gasteiger partial charge in [-0.25, -0.2) is 0 Å². The Bertz CT molecular complexity index is 427. The van der Waals surface area contributed by atoms with Gasteiger partial charge in [0.25, 0.3) is 0 Å². The van der Waals surface area contributed by atoms with Crippen LogP contribution in [0.15, 0.2) is 28.7 Å². The van der Waals surface area contributed by atoms with E-state index in [0.29, 0.717) is 6.04 Å². The van der Waals surface area contributed by atoms with E-state index in [0.717, 1.165) is 16.8 Å². The van der Waals surface area contributed by atoms with E-state index in [2.05, 4.69) is 58.9 Å². The van der Waals surface area contributed by atoms with Gasteiger partial charge >= 0.3 is 0 Å². The summed E-state index contributed by atoms with van der Waals surface area (Å²) in [5.74, 6) is 0.923. The lowest BCUT2D eigenvalue weighted by atomic mass is 9.89. The Kier molecular flexibility index (Phi) is 6.72. The smallest absolute Gasteiger partial charge is 0.0499 e. The zero-order chi connectivity index (χ0) is 15.2. The third-order valence-corrected chi connectivity index (χ3v) is 5.30. The van der Waals surface area contributed by atoms with Gasteiger partial charge in [0.05, 0.1) is 0 Å². The monoisotopic (exact) mass is 352 g/mol. The summed E-state index contributed by atoms with van der Waals surface area (Å²) in [6.07, 6.45) is 6.37. The standard InChI is InChI=1S/C18H29BrN2/c1-3-6-14-9-11-21(12-10-14)18(17(20)4-2)15-7-5-8-16(19)13-15/h5,7-8,13-14,17-18H,3-4,6,9-12,20H2,1-2H3. The van der Waals surface area contributed by atoms with Crippen molar-refractivity contribution >= 4 is 15.9 Å². The van der Waals surface area contributed by atoms with Crippen molar-refractivity contribution in [2.75, 3.05) is 13.1 Å². The number of piperidine rings is 1. The van der Waals surface area contributed by atoms with Gasteiger partial charge in [-0.05, 0) is 56.0 Å². The highest BCUT2D eigenvalue weighted by atomic mass is 79.9. The first kappa shape index (κ1) is 17.0. The molecule has 1 aromatic carbocycles. The van der Waals surface area contributed by atoms with Crippen molar-refractivity contribution in [3.05, 3.63) is 34.3 Å². The fourth-order valence-corrected chi connectivity index (χ4v) is 3.99. The van der Waals surface area contributed by atoms with E-state index in [4.69, 9.17) is 5.73 Å². The Hall–Kier alpha value is -0.380. The van der Waals surface area contributed by atoms with Crippen LogP contribution in [0.5, 0.6) is 0 Å². The van der Waals surface area contributed by atoms with E-state index in [1.165, 1.54) is 44.3 Å². The summed E-state index contributed by atoms with van der Waals surface area (Å²) < 4.78 is 1.15. The Balaban J connectivity index is 2.11. The molecule has 1 aromatic rings. The molecule has 0 saturated carbocycles. The highest BCUT2D eigenvalue weighted by molar-refractivity contribution is 9.10. The SMILES string of the molecule is CCCC1CCN(C(c2cccc(Br)c2)C(N)CC)CC1. The van der Waals surface area contributed by atoms with Gasteiger partial charge < -0.3 is 5.73 Å². The fraction of sp³-hybridized carbons (Fsp3) is 0.667. The number of nitrogens with two attached hydrogens (primary N) is 1. The fourth-order valence-electron chi connectivity index (χ4n) is 3.57. The summed E-state index contributed by atoms with van der Waals surface area (Å²) in [5, 5.41) is 0. The van der Waals surface area contributed by atoms with E-state index in [1.54, 1.807) is 0 Å². The van der Waals surface area contributed by atoms with E-state index in [9.17, 15) is 0 Å². The van der Waals surface area contributed by atoms with Crippen molar-refractivity contribution in [2.45, 2.75) is 58.0 Å². The minimum absolute atomic E-state index is 0.210. The molecule has 2 rings (SSSR count). The molecule has 2 N–H and O–H groups in total. The third kappa shape index (κ3) is 4.54. The largest absolute Gasteiger partial charge is 0.326 e. The van der Waals surface area contributed by atoms with Gasteiger partial charge in [0, 0.05) is 16.6 Å². The molecule has 0 radical (unpaired) electrons. The maximum absolute atomic E-state index is 6.47. The predicted molar refractivity (Wildman–Crippen MR) is 94.4 cm³/mol. The lowest BCUT2D eigenvalue weighted by molar-refractivity contribution is 0.111. The first-order valence-electron chi connectivity index (χ1n) is 8.40.